The van der Waals surface area contributed by atoms with E-state index in [1.807, 2.05) is 84.7 Å². The van der Waals surface area contributed by atoms with E-state index in [0.29, 0.717) is 30.1 Å². The van der Waals surface area contributed by atoms with Gasteiger partial charge in [-0.25, -0.2) is 0 Å². The fourth-order valence-electron chi connectivity index (χ4n) is 6.33. The van der Waals surface area contributed by atoms with Gasteiger partial charge in [-0.2, -0.15) is 0 Å². The molecular weight excluding hydrogens is 540 g/mol. The van der Waals surface area contributed by atoms with Crippen molar-refractivity contribution in [1.29, 1.82) is 0 Å². The van der Waals surface area contributed by atoms with Gasteiger partial charge in [-0.3, -0.25) is 9.59 Å². The molecule has 2 amide bonds. The Balaban J connectivity index is 1.33. The van der Waals surface area contributed by atoms with Crippen LogP contribution in [0.3, 0.4) is 0 Å². The molecule has 222 valence electrons. The molecule has 43 heavy (non-hydrogen) atoms. The number of likely N-dealkylation sites (tertiary alicyclic amines) is 1. The molecule has 4 aromatic rings. The van der Waals surface area contributed by atoms with Crippen LogP contribution in [-0.4, -0.2) is 73.6 Å². The van der Waals surface area contributed by atoms with Crippen LogP contribution in [0.25, 0.3) is 11.1 Å². The molecular formula is C35H38N4O4. The highest BCUT2D eigenvalue weighted by molar-refractivity contribution is 6.07. The molecule has 8 heteroatoms. The van der Waals surface area contributed by atoms with E-state index in [2.05, 4.69) is 16.5 Å². The van der Waals surface area contributed by atoms with E-state index in [1.54, 1.807) is 25.2 Å². The number of ether oxygens (including phenoxy) is 2. The minimum atomic E-state index is -0.136. The standard InChI is InChI=1S/C35H38N4O4/c1-36-19-17-26(18-20-36)37(2)35(41)31-16-14-27-23-39(30-11-7-5-9-25(30)22-38(27)31)34(40)24-13-15-29(33(21-24)43-4)28-10-6-8-12-32(28)42-3/h5-16,21,26H,17-20,22-23H2,1-4H3. The number of aromatic nitrogens is 1. The van der Waals surface area contributed by atoms with Crippen molar-refractivity contribution in [2.24, 2.45) is 0 Å². The minimum absolute atomic E-state index is 0.0229. The minimum Gasteiger partial charge on any atom is -0.496 e. The number of methoxy groups -OCH3 is 2. The van der Waals surface area contributed by atoms with E-state index in [9.17, 15) is 9.59 Å². The van der Waals surface area contributed by atoms with Gasteiger partial charge in [0, 0.05) is 41.2 Å². The smallest absolute Gasteiger partial charge is 0.270 e. The fourth-order valence-corrected chi connectivity index (χ4v) is 6.33. The predicted molar refractivity (Wildman–Crippen MR) is 168 cm³/mol. The highest BCUT2D eigenvalue weighted by atomic mass is 16.5. The summed E-state index contributed by atoms with van der Waals surface area (Å²) in [6, 6.07) is 25.3. The maximum absolute atomic E-state index is 14.2. The molecule has 1 fully saturated rings. The summed E-state index contributed by atoms with van der Waals surface area (Å²) in [5, 5.41) is 0. The Morgan fingerprint density at radius 2 is 1.51 bits per heavy atom. The number of hydrogen-bond acceptors (Lipinski definition) is 5. The first-order chi connectivity index (χ1) is 20.9. The number of para-hydroxylation sites is 2. The predicted octanol–water partition coefficient (Wildman–Crippen LogP) is 5.55. The normalized spacial score (nSPS) is 15.3. The van der Waals surface area contributed by atoms with Crippen LogP contribution in [0.4, 0.5) is 5.69 Å². The van der Waals surface area contributed by atoms with E-state index >= 15 is 0 Å². The number of piperidine rings is 1. The second kappa shape index (κ2) is 12.0. The van der Waals surface area contributed by atoms with Gasteiger partial charge in [-0.15, -0.1) is 0 Å². The van der Waals surface area contributed by atoms with Crippen LogP contribution in [0.2, 0.25) is 0 Å². The fraction of sp³-hybridized carbons (Fsp3) is 0.314. The Morgan fingerprint density at radius 1 is 0.814 bits per heavy atom. The summed E-state index contributed by atoms with van der Waals surface area (Å²) in [7, 11) is 7.29. The second-order valence-corrected chi connectivity index (χ2v) is 11.4. The van der Waals surface area contributed by atoms with Gasteiger partial charge in [0.25, 0.3) is 11.8 Å². The third kappa shape index (κ3) is 5.39. The van der Waals surface area contributed by atoms with Crippen molar-refractivity contribution in [3.05, 3.63) is 101 Å². The largest absolute Gasteiger partial charge is 0.496 e. The summed E-state index contributed by atoms with van der Waals surface area (Å²) >= 11 is 0. The number of carbonyl (C=O) groups excluding carboxylic acids is 2. The number of rotatable bonds is 6. The Kier molecular flexibility index (Phi) is 7.95. The number of carbonyl (C=O) groups is 2. The molecule has 8 nitrogen and oxygen atoms in total. The van der Waals surface area contributed by atoms with Crippen molar-refractivity contribution in [1.82, 2.24) is 14.4 Å². The molecule has 2 aliphatic rings. The number of benzene rings is 3. The van der Waals surface area contributed by atoms with Gasteiger partial charge >= 0.3 is 0 Å². The van der Waals surface area contributed by atoms with E-state index in [0.717, 1.165) is 59.8 Å². The summed E-state index contributed by atoms with van der Waals surface area (Å²) in [6.45, 7) is 2.84. The zero-order valence-corrected chi connectivity index (χ0v) is 25.2. The Labute approximate surface area is 253 Å². The number of anilines is 1. The van der Waals surface area contributed by atoms with Crippen molar-refractivity contribution in [2.75, 3.05) is 46.3 Å². The average Bonchev–Trinajstić information content (AvgIpc) is 3.36. The third-order valence-electron chi connectivity index (χ3n) is 8.87. The maximum Gasteiger partial charge on any atom is 0.270 e. The zero-order chi connectivity index (χ0) is 30.1. The third-order valence-corrected chi connectivity index (χ3v) is 8.87. The first-order valence-electron chi connectivity index (χ1n) is 14.7. The molecule has 0 unspecified atom stereocenters. The van der Waals surface area contributed by atoms with Gasteiger partial charge in [-0.1, -0.05) is 36.4 Å². The summed E-state index contributed by atoms with van der Waals surface area (Å²) in [4.78, 5) is 34.0. The molecule has 1 saturated heterocycles. The lowest BCUT2D eigenvalue weighted by Gasteiger charge is -2.35. The summed E-state index contributed by atoms with van der Waals surface area (Å²) in [5.41, 5.74) is 5.65. The number of amides is 2. The van der Waals surface area contributed by atoms with Gasteiger partial charge in [0.05, 0.1) is 27.3 Å². The van der Waals surface area contributed by atoms with Crippen molar-refractivity contribution < 1.29 is 19.1 Å². The molecule has 6 rings (SSSR count). The SMILES string of the molecule is COc1ccccc1-c1ccc(C(=O)N2Cc3ccc(C(=O)N(C)C4CCN(C)CC4)n3Cc3ccccc32)cc1OC. The lowest BCUT2D eigenvalue weighted by atomic mass is 10.0. The van der Waals surface area contributed by atoms with E-state index < -0.39 is 0 Å². The number of nitrogens with zero attached hydrogens (tertiary/aromatic N) is 4. The van der Waals surface area contributed by atoms with Crippen LogP contribution in [0.1, 0.15) is 44.9 Å². The lowest BCUT2D eigenvalue weighted by molar-refractivity contribution is 0.0649. The number of fused-ring (bicyclic) bond motifs is 2. The lowest BCUT2D eigenvalue weighted by Crippen LogP contribution is -2.45. The molecule has 0 bridgehead atoms. The molecule has 2 aliphatic heterocycles. The molecule has 0 aliphatic carbocycles. The van der Waals surface area contributed by atoms with Crippen LogP contribution in [0.5, 0.6) is 11.5 Å². The molecule has 3 aromatic carbocycles. The number of hydrogen-bond donors (Lipinski definition) is 0. The van der Waals surface area contributed by atoms with Crippen LogP contribution in [-0.2, 0) is 13.1 Å². The molecule has 3 heterocycles. The van der Waals surface area contributed by atoms with Crippen LogP contribution >= 0.6 is 0 Å². The van der Waals surface area contributed by atoms with Gasteiger partial charge in [0.2, 0.25) is 0 Å². The Bertz CT molecular complexity index is 1650. The quantitative estimate of drug-likeness (QED) is 0.300. The van der Waals surface area contributed by atoms with Crippen LogP contribution in [0.15, 0.2) is 78.9 Å². The van der Waals surface area contributed by atoms with E-state index in [-0.39, 0.29) is 17.9 Å². The Hall–Kier alpha value is -4.56. The summed E-state index contributed by atoms with van der Waals surface area (Å²) in [5.74, 6) is 1.21. The van der Waals surface area contributed by atoms with Crippen molar-refractivity contribution in [3.8, 4) is 22.6 Å². The molecule has 0 radical (unpaired) electrons. The molecule has 1 aromatic heterocycles. The van der Waals surface area contributed by atoms with E-state index in [1.165, 1.54) is 0 Å². The molecule has 0 saturated carbocycles. The summed E-state index contributed by atoms with van der Waals surface area (Å²) in [6.07, 6.45) is 1.94. The molecule has 0 N–H and O–H groups in total. The highest BCUT2D eigenvalue weighted by Gasteiger charge is 2.31. The van der Waals surface area contributed by atoms with Crippen molar-refractivity contribution in [3.63, 3.8) is 0 Å². The monoisotopic (exact) mass is 578 g/mol. The van der Waals surface area contributed by atoms with Gasteiger partial charge in [0.15, 0.2) is 0 Å². The first kappa shape index (κ1) is 28.6. The second-order valence-electron chi connectivity index (χ2n) is 11.4. The van der Waals surface area contributed by atoms with E-state index in [4.69, 9.17) is 9.47 Å². The zero-order valence-electron chi connectivity index (χ0n) is 25.2. The van der Waals surface area contributed by atoms with Gasteiger partial charge < -0.3 is 28.7 Å². The van der Waals surface area contributed by atoms with Crippen molar-refractivity contribution >= 4 is 17.5 Å². The van der Waals surface area contributed by atoms with Gasteiger partial charge in [-0.05, 0) is 81.0 Å². The average molecular weight is 579 g/mol. The van der Waals surface area contributed by atoms with Crippen molar-refractivity contribution in [2.45, 2.75) is 32.0 Å². The topological polar surface area (TPSA) is 67.2 Å². The molecule has 0 atom stereocenters. The first-order valence-corrected chi connectivity index (χ1v) is 14.7. The van der Waals surface area contributed by atoms with Crippen LogP contribution in [0, 0.1) is 0 Å². The van der Waals surface area contributed by atoms with Crippen LogP contribution < -0.4 is 14.4 Å². The summed E-state index contributed by atoms with van der Waals surface area (Å²) < 4.78 is 13.4. The Morgan fingerprint density at radius 3 is 2.28 bits per heavy atom. The van der Waals surface area contributed by atoms with Gasteiger partial charge in [0.1, 0.15) is 17.2 Å². The highest BCUT2D eigenvalue weighted by Crippen LogP contribution is 2.38. The molecule has 0 spiro atoms. The maximum atomic E-state index is 14.2.